The predicted molar refractivity (Wildman–Crippen MR) is 110 cm³/mol. The number of ether oxygens (including phenoxy) is 2. The van der Waals surface area contributed by atoms with Gasteiger partial charge in [0, 0.05) is 24.7 Å². The number of imidazole rings is 1. The van der Waals surface area contributed by atoms with Crippen LogP contribution < -0.4 is 10.1 Å². The van der Waals surface area contributed by atoms with Gasteiger partial charge in [-0.25, -0.2) is 13.8 Å². The summed E-state index contributed by atoms with van der Waals surface area (Å²) in [5, 5.41) is 3.19. The molecule has 6 nitrogen and oxygen atoms in total. The highest BCUT2D eigenvalue weighted by molar-refractivity contribution is 5.88. The lowest BCUT2D eigenvalue weighted by molar-refractivity contribution is -0.144. The molecule has 3 aromatic rings. The summed E-state index contributed by atoms with van der Waals surface area (Å²) in [5.74, 6) is -2.07. The molecule has 1 saturated heterocycles. The van der Waals surface area contributed by atoms with Crippen molar-refractivity contribution in [3.8, 4) is 5.75 Å². The Hall–Kier alpha value is -2.92. The average Bonchev–Trinajstić information content (AvgIpc) is 3.18. The van der Waals surface area contributed by atoms with Crippen LogP contribution in [0.1, 0.15) is 24.4 Å². The summed E-state index contributed by atoms with van der Waals surface area (Å²) in [5.41, 5.74) is 0.613. The summed E-state index contributed by atoms with van der Waals surface area (Å²) in [7, 11) is 0. The van der Waals surface area contributed by atoms with Crippen LogP contribution in [0, 0.1) is 11.6 Å². The fourth-order valence-electron chi connectivity index (χ4n) is 4.50. The molecule has 1 fully saturated rings. The van der Waals surface area contributed by atoms with E-state index in [1.165, 1.54) is 12.1 Å². The smallest absolute Gasteiger partial charge is 0.449 e. The van der Waals surface area contributed by atoms with Crippen LogP contribution in [0.3, 0.4) is 0 Å². The molecule has 3 unspecified atom stereocenters. The SMILES string of the molecule is CC1CN(C2COc3cc(F)ccc3C2Nc2cc(F)cc3[nH]c(C(F)(F)F)nc23)CCO1. The van der Waals surface area contributed by atoms with Crippen molar-refractivity contribution in [3.63, 3.8) is 0 Å². The molecule has 0 saturated carbocycles. The van der Waals surface area contributed by atoms with Gasteiger partial charge in [0.15, 0.2) is 0 Å². The number of aromatic amines is 1. The number of fused-ring (bicyclic) bond motifs is 2. The molecule has 2 aliphatic rings. The van der Waals surface area contributed by atoms with Crippen molar-refractivity contribution >= 4 is 16.7 Å². The number of rotatable bonds is 3. The average molecular weight is 468 g/mol. The maximum absolute atomic E-state index is 14.3. The quantitative estimate of drug-likeness (QED) is 0.555. The van der Waals surface area contributed by atoms with Crippen LogP contribution in [0.4, 0.5) is 27.6 Å². The van der Waals surface area contributed by atoms with Gasteiger partial charge in [0.05, 0.1) is 36.0 Å². The van der Waals surface area contributed by atoms with Gasteiger partial charge in [-0.15, -0.1) is 0 Å². The van der Waals surface area contributed by atoms with E-state index in [2.05, 4.69) is 20.2 Å². The van der Waals surface area contributed by atoms with E-state index in [1.54, 1.807) is 6.07 Å². The molecule has 0 aliphatic carbocycles. The van der Waals surface area contributed by atoms with Crippen molar-refractivity contribution in [2.75, 3.05) is 31.6 Å². The molecule has 0 spiro atoms. The number of hydrogen-bond acceptors (Lipinski definition) is 5. The number of halogens is 5. The van der Waals surface area contributed by atoms with Gasteiger partial charge in [-0.2, -0.15) is 13.2 Å². The predicted octanol–water partition coefficient (Wildman–Crippen LogP) is 4.49. The number of hydrogen-bond donors (Lipinski definition) is 2. The van der Waals surface area contributed by atoms with Crippen LogP contribution in [0.5, 0.6) is 5.75 Å². The molecule has 2 aromatic carbocycles. The fourth-order valence-corrected chi connectivity index (χ4v) is 4.50. The Labute approximate surface area is 185 Å². The van der Waals surface area contributed by atoms with Crippen LogP contribution in [0.2, 0.25) is 0 Å². The first-order valence-corrected chi connectivity index (χ1v) is 10.5. The molecule has 176 valence electrons. The third-order valence-corrected chi connectivity index (χ3v) is 5.98. The molecular formula is C22H21F5N4O2. The fraction of sp³-hybridized carbons (Fsp3) is 0.409. The van der Waals surface area contributed by atoms with Crippen LogP contribution in [0.25, 0.3) is 11.0 Å². The highest BCUT2D eigenvalue weighted by Crippen LogP contribution is 2.39. The minimum atomic E-state index is -4.71. The molecule has 0 bridgehead atoms. The van der Waals surface area contributed by atoms with Crippen LogP contribution in [0.15, 0.2) is 30.3 Å². The Balaban J connectivity index is 1.58. The van der Waals surface area contributed by atoms with Crippen molar-refractivity contribution < 1.29 is 31.4 Å². The lowest BCUT2D eigenvalue weighted by Crippen LogP contribution is -2.54. The van der Waals surface area contributed by atoms with Crippen molar-refractivity contribution in [1.29, 1.82) is 0 Å². The normalized spacial score (nSPS) is 23.9. The first kappa shape index (κ1) is 21.9. The van der Waals surface area contributed by atoms with Crippen LogP contribution >= 0.6 is 0 Å². The molecule has 2 N–H and O–H groups in total. The van der Waals surface area contributed by atoms with E-state index < -0.39 is 29.7 Å². The maximum atomic E-state index is 14.3. The van der Waals surface area contributed by atoms with Gasteiger partial charge in [0.1, 0.15) is 29.5 Å². The zero-order valence-electron chi connectivity index (χ0n) is 17.5. The van der Waals surface area contributed by atoms with Gasteiger partial charge in [0.25, 0.3) is 0 Å². The molecule has 3 heterocycles. The van der Waals surface area contributed by atoms with Crippen molar-refractivity contribution in [1.82, 2.24) is 14.9 Å². The molecule has 0 amide bonds. The summed E-state index contributed by atoms with van der Waals surface area (Å²) in [6.07, 6.45) is -4.72. The maximum Gasteiger partial charge on any atom is 0.449 e. The summed E-state index contributed by atoms with van der Waals surface area (Å²) in [6, 6.07) is 5.43. The molecule has 11 heteroatoms. The van der Waals surface area contributed by atoms with E-state index in [1.807, 2.05) is 6.92 Å². The lowest BCUT2D eigenvalue weighted by Gasteiger charge is -2.44. The summed E-state index contributed by atoms with van der Waals surface area (Å²) < 4.78 is 79.3. The molecule has 1 aromatic heterocycles. The lowest BCUT2D eigenvalue weighted by atomic mass is 9.94. The third-order valence-electron chi connectivity index (χ3n) is 5.98. The Kier molecular flexibility index (Phi) is 5.40. The van der Waals surface area contributed by atoms with E-state index >= 15 is 0 Å². The van der Waals surface area contributed by atoms with Crippen molar-refractivity contribution in [3.05, 3.63) is 53.4 Å². The largest absolute Gasteiger partial charge is 0.491 e. The van der Waals surface area contributed by atoms with Crippen molar-refractivity contribution in [2.45, 2.75) is 31.3 Å². The zero-order valence-corrected chi connectivity index (χ0v) is 17.5. The van der Waals surface area contributed by atoms with Gasteiger partial charge < -0.3 is 19.8 Å². The van der Waals surface area contributed by atoms with Gasteiger partial charge >= 0.3 is 6.18 Å². The third kappa shape index (κ3) is 4.22. The first-order chi connectivity index (χ1) is 15.7. The highest BCUT2D eigenvalue weighted by atomic mass is 19.4. The van der Waals surface area contributed by atoms with Crippen molar-refractivity contribution in [2.24, 2.45) is 0 Å². The summed E-state index contributed by atoms with van der Waals surface area (Å²) in [6.45, 7) is 3.90. The Morgan fingerprint density at radius 1 is 1.15 bits per heavy atom. The number of anilines is 1. The molecule has 33 heavy (non-hydrogen) atoms. The number of benzene rings is 2. The Bertz CT molecular complexity index is 1180. The van der Waals surface area contributed by atoms with E-state index in [0.29, 0.717) is 31.0 Å². The van der Waals surface area contributed by atoms with E-state index in [0.717, 1.165) is 12.1 Å². The van der Waals surface area contributed by atoms with E-state index in [-0.39, 0.29) is 35.5 Å². The second-order valence-corrected chi connectivity index (χ2v) is 8.29. The Morgan fingerprint density at radius 3 is 2.73 bits per heavy atom. The number of nitrogens with one attached hydrogen (secondary N) is 2. The summed E-state index contributed by atoms with van der Waals surface area (Å²) in [4.78, 5) is 7.97. The van der Waals surface area contributed by atoms with E-state index in [9.17, 15) is 22.0 Å². The number of nitrogens with zero attached hydrogens (tertiary/aromatic N) is 2. The molecule has 3 atom stereocenters. The van der Waals surface area contributed by atoms with Crippen LogP contribution in [-0.2, 0) is 10.9 Å². The molecule has 5 rings (SSSR count). The standard InChI is InChI=1S/C22H21F5N4O2/c1-11-9-31(4-5-32-11)17-10-33-18-8-12(23)2-3-14(18)19(17)28-15-6-13(24)7-16-20(15)30-21(29-16)22(25,26)27/h2-3,6-8,11,17,19,28H,4-5,9-10H2,1H3,(H,29,30). The molecule has 2 aliphatic heterocycles. The monoisotopic (exact) mass is 468 g/mol. The zero-order chi connectivity index (χ0) is 23.3. The van der Waals surface area contributed by atoms with Gasteiger partial charge in [-0.05, 0) is 25.1 Å². The topological polar surface area (TPSA) is 62.4 Å². The van der Waals surface area contributed by atoms with Crippen LogP contribution in [-0.4, -0.2) is 53.3 Å². The minimum absolute atomic E-state index is 0.0180. The highest BCUT2D eigenvalue weighted by Gasteiger charge is 2.38. The van der Waals surface area contributed by atoms with Gasteiger partial charge in [-0.3, -0.25) is 4.90 Å². The Morgan fingerprint density at radius 2 is 1.97 bits per heavy atom. The molecular weight excluding hydrogens is 447 g/mol. The number of H-pyrrole nitrogens is 1. The second-order valence-electron chi connectivity index (χ2n) is 8.29. The summed E-state index contributed by atoms with van der Waals surface area (Å²) >= 11 is 0. The second kappa shape index (κ2) is 8.14. The number of aromatic nitrogens is 2. The molecule has 0 radical (unpaired) electrons. The number of morpholine rings is 1. The van der Waals surface area contributed by atoms with Gasteiger partial charge in [-0.1, -0.05) is 6.07 Å². The van der Waals surface area contributed by atoms with Gasteiger partial charge in [0.2, 0.25) is 5.82 Å². The number of alkyl halides is 3. The minimum Gasteiger partial charge on any atom is -0.491 e. The first-order valence-electron chi connectivity index (χ1n) is 10.5. The van der Waals surface area contributed by atoms with E-state index in [4.69, 9.17) is 9.47 Å².